The fourth-order valence-electron chi connectivity index (χ4n) is 5.54. The van der Waals surface area contributed by atoms with Crippen molar-refractivity contribution in [3.05, 3.63) is 59.5 Å². The number of amides is 1. The molecule has 3 aromatic rings. The molecule has 7 nitrogen and oxygen atoms in total. The number of hydrogen-bond donors (Lipinski definition) is 2. The molecule has 1 amide bonds. The predicted molar refractivity (Wildman–Crippen MR) is 141 cm³/mol. The van der Waals surface area contributed by atoms with Crippen molar-refractivity contribution in [3.8, 4) is 5.88 Å². The zero-order chi connectivity index (χ0) is 24.5. The van der Waals surface area contributed by atoms with E-state index in [4.69, 9.17) is 4.74 Å². The SMILES string of the molecule is COc1nc(CNC(=O)c2cncc(N3CCC4(CC4)C3)c2)cc2cc(CNCC3CCC3)ccc12. The molecule has 0 atom stereocenters. The molecule has 3 fully saturated rings. The van der Waals surface area contributed by atoms with Gasteiger partial charge in [-0.15, -0.1) is 0 Å². The molecule has 6 rings (SSSR count). The Morgan fingerprint density at radius 2 is 2.03 bits per heavy atom. The van der Waals surface area contributed by atoms with Gasteiger partial charge in [0.2, 0.25) is 5.88 Å². The lowest BCUT2D eigenvalue weighted by Gasteiger charge is -2.25. The molecule has 2 aliphatic carbocycles. The van der Waals surface area contributed by atoms with Crippen LogP contribution in [-0.4, -0.2) is 42.6 Å². The summed E-state index contributed by atoms with van der Waals surface area (Å²) in [5, 5.41) is 8.66. The van der Waals surface area contributed by atoms with Crippen molar-refractivity contribution < 1.29 is 9.53 Å². The Kier molecular flexibility index (Phi) is 6.25. The topological polar surface area (TPSA) is 79.4 Å². The van der Waals surface area contributed by atoms with Crippen LogP contribution >= 0.6 is 0 Å². The Morgan fingerprint density at radius 1 is 1.14 bits per heavy atom. The Morgan fingerprint density at radius 3 is 2.78 bits per heavy atom. The van der Waals surface area contributed by atoms with Gasteiger partial charge in [-0.1, -0.05) is 12.5 Å². The highest BCUT2D eigenvalue weighted by molar-refractivity contribution is 5.95. The van der Waals surface area contributed by atoms with E-state index in [1.54, 1.807) is 13.3 Å². The van der Waals surface area contributed by atoms with Gasteiger partial charge < -0.3 is 20.3 Å². The summed E-state index contributed by atoms with van der Waals surface area (Å²) in [6.07, 6.45) is 11.5. The first kappa shape index (κ1) is 23.2. The molecule has 0 radical (unpaired) electrons. The average Bonchev–Trinajstić information content (AvgIpc) is 3.51. The lowest BCUT2D eigenvalue weighted by atomic mass is 9.85. The van der Waals surface area contributed by atoms with E-state index in [2.05, 4.69) is 43.7 Å². The number of nitrogens with zero attached hydrogens (tertiary/aromatic N) is 3. The van der Waals surface area contributed by atoms with Gasteiger partial charge in [-0.05, 0) is 85.2 Å². The first-order valence-electron chi connectivity index (χ1n) is 13.3. The maximum absolute atomic E-state index is 13.0. The third kappa shape index (κ3) is 4.89. The van der Waals surface area contributed by atoms with Gasteiger partial charge in [0.1, 0.15) is 0 Å². The zero-order valence-electron chi connectivity index (χ0n) is 21.1. The highest BCUT2D eigenvalue weighted by Crippen LogP contribution is 2.53. The number of carbonyl (C=O) groups excluding carboxylic acids is 1. The average molecular weight is 486 g/mol. The summed E-state index contributed by atoms with van der Waals surface area (Å²) in [5.74, 6) is 1.28. The van der Waals surface area contributed by atoms with Crippen LogP contribution in [0.5, 0.6) is 5.88 Å². The number of aromatic nitrogens is 2. The van der Waals surface area contributed by atoms with Crippen molar-refractivity contribution >= 4 is 22.4 Å². The number of methoxy groups -OCH3 is 1. The first-order valence-corrected chi connectivity index (χ1v) is 13.3. The third-order valence-corrected chi connectivity index (χ3v) is 8.27. The van der Waals surface area contributed by atoms with E-state index < -0.39 is 0 Å². The summed E-state index contributed by atoms with van der Waals surface area (Å²) < 4.78 is 5.57. The Bertz CT molecular complexity index is 1270. The molecule has 1 aliphatic heterocycles. The number of hydrogen-bond acceptors (Lipinski definition) is 6. The Balaban J connectivity index is 1.12. The standard InChI is InChI=1S/C29H35N5O2/c1-36-28-26-6-5-21(15-30-14-20-3-2-4-20)11-22(26)12-24(33-28)17-32-27(35)23-13-25(18-31-16-23)34-10-9-29(19-34)7-8-29/h5-6,11-13,16,18,20,30H,2-4,7-10,14-15,17,19H2,1H3,(H,32,35). The van der Waals surface area contributed by atoms with Crippen molar-refractivity contribution in [3.63, 3.8) is 0 Å². The highest BCUT2D eigenvalue weighted by atomic mass is 16.5. The van der Waals surface area contributed by atoms with Gasteiger partial charge in [-0.25, -0.2) is 4.98 Å². The molecule has 36 heavy (non-hydrogen) atoms. The van der Waals surface area contributed by atoms with E-state index in [0.717, 1.165) is 54.3 Å². The van der Waals surface area contributed by atoms with Crippen LogP contribution in [0.25, 0.3) is 10.8 Å². The summed E-state index contributed by atoms with van der Waals surface area (Å²) in [4.78, 5) is 24.3. The number of pyridine rings is 2. The van der Waals surface area contributed by atoms with Crippen molar-refractivity contribution in [2.24, 2.45) is 11.3 Å². The van der Waals surface area contributed by atoms with Crippen molar-refractivity contribution in [1.29, 1.82) is 0 Å². The smallest absolute Gasteiger partial charge is 0.253 e. The molecular weight excluding hydrogens is 450 g/mol. The third-order valence-electron chi connectivity index (χ3n) is 8.27. The van der Waals surface area contributed by atoms with Crippen molar-refractivity contribution in [1.82, 2.24) is 20.6 Å². The number of anilines is 1. The van der Waals surface area contributed by atoms with Gasteiger partial charge in [0, 0.05) is 31.2 Å². The molecular formula is C29H35N5O2. The summed E-state index contributed by atoms with van der Waals surface area (Å²) in [6, 6.07) is 10.4. The zero-order valence-corrected chi connectivity index (χ0v) is 21.1. The van der Waals surface area contributed by atoms with Crippen molar-refractivity contribution in [2.45, 2.75) is 51.6 Å². The van der Waals surface area contributed by atoms with Crippen LogP contribution in [0.1, 0.15) is 60.1 Å². The molecule has 3 aliphatic rings. The molecule has 0 unspecified atom stereocenters. The highest BCUT2D eigenvalue weighted by Gasteiger charge is 2.47. The molecule has 3 heterocycles. The van der Waals surface area contributed by atoms with E-state index in [-0.39, 0.29) is 5.91 Å². The molecule has 1 aromatic carbocycles. The van der Waals surface area contributed by atoms with Gasteiger partial charge in [-0.3, -0.25) is 9.78 Å². The monoisotopic (exact) mass is 485 g/mol. The van der Waals surface area contributed by atoms with Crippen LogP contribution in [-0.2, 0) is 13.1 Å². The molecule has 2 saturated carbocycles. The molecule has 2 aromatic heterocycles. The minimum Gasteiger partial charge on any atom is -0.481 e. The van der Waals surface area contributed by atoms with E-state index in [1.807, 2.05) is 18.3 Å². The number of benzene rings is 1. The fraction of sp³-hybridized carbons (Fsp3) is 0.483. The van der Waals surface area contributed by atoms with Crippen LogP contribution in [0.4, 0.5) is 5.69 Å². The molecule has 1 saturated heterocycles. The van der Waals surface area contributed by atoms with E-state index in [9.17, 15) is 4.79 Å². The lowest BCUT2D eigenvalue weighted by molar-refractivity contribution is 0.0950. The minimum absolute atomic E-state index is 0.139. The summed E-state index contributed by atoms with van der Waals surface area (Å²) >= 11 is 0. The quantitative estimate of drug-likeness (QED) is 0.466. The van der Waals surface area contributed by atoms with E-state index >= 15 is 0 Å². The van der Waals surface area contributed by atoms with Gasteiger partial charge in [0.15, 0.2) is 0 Å². The molecule has 2 N–H and O–H groups in total. The van der Waals surface area contributed by atoms with Crippen LogP contribution in [0, 0.1) is 11.3 Å². The van der Waals surface area contributed by atoms with Crippen LogP contribution in [0.15, 0.2) is 42.7 Å². The van der Waals surface area contributed by atoms with Crippen molar-refractivity contribution in [2.75, 3.05) is 31.6 Å². The van der Waals surface area contributed by atoms with E-state index in [0.29, 0.717) is 23.4 Å². The second kappa shape index (κ2) is 9.69. The molecule has 1 spiro atoms. The molecule has 0 bridgehead atoms. The first-order chi connectivity index (χ1) is 17.6. The number of carbonyl (C=O) groups is 1. The second-order valence-electron chi connectivity index (χ2n) is 10.9. The lowest BCUT2D eigenvalue weighted by Crippen LogP contribution is -2.26. The number of fused-ring (bicyclic) bond motifs is 1. The normalized spacial score (nSPS) is 18.4. The summed E-state index contributed by atoms with van der Waals surface area (Å²) in [6.45, 7) is 4.39. The predicted octanol–water partition coefficient (Wildman–Crippen LogP) is 4.45. The molecule has 188 valence electrons. The van der Waals surface area contributed by atoms with Crippen LogP contribution in [0.2, 0.25) is 0 Å². The van der Waals surface area contributed by atoms with E-state index in [1.165, 1.54) is 44.1 Å². The van der Waals surface area contributed by atoms with Gasteiger partial charge in [0.05, 0.1) is 36.8 Å². The Labute approximate surface area is 212 Å². The maximum Gasteiger partial charge on any atom is 0.253 e. The number of ether oxygens (including phenoxy) is 1. The minimum atomic E-state index is -0.139. The maximum atomic E-state index is 13.0. The molecule has 7 heteroatoms. The van der Waals surface area contributed by atoms with Gasteiger partial charge in [0.25, 0.3) is 5.91 Å². The second-order valence-corrected chi connectivity index (χ2v) is 10.9. The van der Waals surface area contributed by atoms with Gasteiger partial charge in [-0.2, -0.15) is 0 Å². The number of nitrogens with one attached hydrogen (secondary N) is 2. The van der Waals surface area contributed by atoms with Gasteiger partial charge >= 0.3 is 0 Å². The Hall–Kier alpha value is -3.19. The fourth-order valence-corrected chi connectivity index (χ4v) is 5.54. The number of rotatable bonds is 9. The van der Waals surface area contributed by atoms with Crippen LogP contribution < -0.4 is 20.3 Å². The van der Waals surface area contributed by atoms with Crippen LogP contribution in [0.3, 0.4) is 0 Å². The largest absolute Gasteiger partial charge is 0.481 e. The summed E-state index contributed by atoms with van der Waals surface area (Å²) in [7, 11) is 1.64. The summed E-state index contributed by atoms with van der Waals surface area (Å²) in [5.41, 5.74) is 4.16.